The largest absolute Gasteiger partial charge is 0.374 e. The van der Waals surface area contributed by atoms with Crippen LogP contribution < -0.4 is 0 Å². The average Bonchev–Trinajstić information content (AvgIpc) is 2.68. The van der Waals surface area contributed by atoms with Crippen LogP contribution in [0, 0.1) is 0 Å². The predicted molar refractivity (Wildman–Crippen MR) is 71.0 cm³/mol. The fourth-order valence-electron chi connectivity index (χ4n) is 2.43. The van der Waals surface area contributed by atoms with Crippen LogP contribution in [0.15, 0.2) is 0 Å². The van der Waals surface area contributed by atoms with Crippen LogP contribution in [0.3, 0.4) is 0 Å². The van der Waals surface area contributed by atoms with Gasteiger partial charge in [0.1, 0.15) is 0 Å². The second-order valence-corrected chi connectivity index (χ2v) is 7.06. The number of rotatable bonds is 3. The van der Waals surface area contributed by atoms with Gasteiger partial charge in [-0.25, -0.2) is 0 Å². The van der Waals surface area contributed by atoms with Crippen molar-refractivity contribution in [3.8, 4) is 0 Å². The molecule has 106 valence electrons. The molecule has 0 aliphatic carbocycles. The second kappa shape index (κ2) is 6.52. The van der Waals surface area contributed by atoms with Gasteiger partial charge in [-0.05, 0) is 12.8 Å². The van der Waals surface area contributed by atoms with E-state index in [0.29, 0.717) is 38.7 Å². The molecule has 1 unspecified atom stereocenters. The molecule has 2 heterocycles. The third-order valence-electron chi connectivity index (χ3n) is 3.49. The van der Waals surface area contributed by atoms with Gasteiger partial charge in [-0.2, -0.15) is 17.0 Å². The Hall–Kier alpha value is 0.120. The number of halogens is 1. The molecule has 0 aromatic heterocycles. The van der Waals surface area contributed by atoms with E-state index in [-0.39, 0.29) is 6.10 Å². The minimum Gasteiger partial charge on any atom is -0.374 e. The summed E-state index contributed by atoms with van der Waals surface area (Å²) < 4.78 is 33.6. The summed E-state index contributed by atoms with van der Waals surface area (Å²) in [6, 6.07) is 0. The molecule has 0 aromatic rings. The van der Waals surface area contributed by atoms with Crippen molar-refractivity contribution in [1.29, 1.82) is 0 Å². The minimum atomic E-state index is -3.32. The molecule has 2 fully saturated rings. The van der Waals surface area contributed by atoms with E-state index in [1.165, 1.54) is 4.31 Å². The lowest BCUT2D eigenvalue weighted by Crippen LogP contribution is -2.51. The van der Waals surface area contributed by atoms with Gasteiger partial charge < -0.3 is 4.74 Å². The number of hydrogen-bond acceptors (Lipinski definition) is 3. The third kappa shape index (κ3) is 3.36. The molecule has 5 nitrogen and oxygen atoms in total. The lowest BCUT2D eigenvalue weighted by Gasteiger charge is -2.34. The maximum absolute atomic E-state index is 12.5. The van der Waals surface area contributed by atoms with Crippen LogP contribution in [0.5, 0.6) is 0 Å². The first-order valence-corrected chi connectivity index (χ1v) is 8.50. The Morgan fingerprint density at radius 2 is 1.72 bits per heavy atom. The number of alkyl halides is 1. The standard InChI is InChI=1S/C11H21ClN2O3S/c12-9-11-10-14(7-8-17-11)18(15,16)13-5-3-1-2-4-6-13/h11H,1-10H2. The number of ether oxygens (including phenoxy) is 1. The molecular formula is C11H21ClN2O3S. The van der Waals surface area contributed by atoms with E-state index in [9.17, 15) is 8.42 Å². The monoisotopic (exact) mass is 296 g/mol. The number of morpholine rings is 1. The highest BCUT2D eigenvalue weighted by Crippen LogP contribution is 2.19. The number of nitrogens with zero attached hydrogens (tertiary/aromatic N) is 2. The topological polar surface area (TPSA) is 49.9 Å². The van der Waals surface area contributed by atoms with Crippen LogP contribution in [0.2, 0.25) is 0 Å². The summed E-state index contributed by atoms with van der Waals surface area (Å²) in [5, 5.41) is 0. The Bertz CT molecular complexity index is 355. The lowest BCUT2D eigenvalue weighted by molar-refractivity contribution is 0.0103. The number of hydrogen-bond donors (Lipinski definition) is 0. The second-order valence-electron chi connectivity index (χ2n) is 4.83. The van der Waals surface area contributed by atoms with Crippen LogP contribution >= 0.6 is 11.6 Å². The highest BCUT2D eigenvalue weighted by atomic mass is 35.5. The SMILES string of the molecule is O=S(=O)(N1CCCCCC1)N1CCOC(CCl)C1. The summed E-state index contributed by atoms with van der Waals surface area (Å²) in [6.07, 6.45) is 3.99. The molecule has 0 radical (unpaired) electrons. The minimum absolute atomic E-state index is 0.179. The van der Waals surface area contributed by atoms with E-state index in [4.69, 9.17) is 16.3 Å². The Labute approximate surface area is 114 Å². The maximum atomic E-state index is 12.5. The van der Waals surface area contributed by atoms with E-state index < -0.39 is 10.2 Å². The molecule has 2 rings (SSSR count). The van der Waals surface area contributed by atoms with Crippen molar-refractivity contribution in [3.63, 3.8) is 0 Å². The summed E-state index contributed by atoms with van der Waals surface area (Å²) in [6.45, 7) is 2.54. The summed E-state index contributed by atoms with van der Waals surface area (Å²) in [5.41, 5.74) is 0. The summed E-state index contributed by atoms with van der Waals surface area (Å²) in [7, 11) is -3.32. The van der Waals surface area contributed by atoms with Gasteiger partial charge in [-0.15, -0.1) is 11.6 Å². The third-order valence-corrected chi connectivity index (χ3v) is 5.84. The van der Waals surface area contributed by atoms with Crippen molar-refractivity contribution < 1.29 is 13.2 Å². The Balaban J connectivity index is 2.04. The van der Waals surface area contributed by atoms with Gasteiger partial charge in [-0.3, -0.25) is 0 Å². The Kier molecular flexibility index (Phi) is 5.26. The molecule has 0 N–H and O–H groups in total. The zero-order chi connectivity index (χ0) is 13.0. The van der Waals surface area contributed by atoms with Crippen LogP contribution in [-0.4, -0.2) is 61.8 Å². The van der Waals surface area contributed by atoms with E-state index >= 15 is 0 Å². The van der Waals surface area contributed by atoms with Gasteiger partial charge in [-0.1, -0.05) is 12.8 Å². The quantitative estimate of drug-likeness (QED) is 0.732. The molecule has 18 heavy (non-hydrogen) atoms. The molecule has 2 saturated heterocycles. The molecule has 0 saturated carbocycles. The Morgan fingerprint density at radius 3 is 2.33 bits per heavy atom. The molecule has 0 spiro atoms. The fourth-order valence-corrected chi connectivity index (χ4v) is 4.32. The zero-order valence-electron chi connectivity index (χ0n) is 10.6. The Morgan fingerprint density at radius 1 is 1.06 bits per heavy atom. The van der Waals surface area contributed by atoms with Crippen LogP contribution in [0.1, 0.15) is 25.7 Å². The van der Waals surface area contributed by atoms with Crippen molar-refractivity contribution in [2.24, 2.45) is 0 Å². The molecule has 0 aromatic carbocycles. The summed E-state index contributed by atoms with van der Waals surface area (Å²) >= 11 is 5.75. The van der Waals surface area contributed by atoms with Gasteiger partial charge in [0.2, 0.25) is 0 Å². The van der Waals surface area contributed by atoms with Gasteiger partial charge in [0.05, 0.1) is 12.7 Å². The van der Waals surface area contributed by atoms with Crippen LogP contribution in [0.4, 0.5) is 0 Å². The van der Waals surface area contributed by atoms with Crippen molar-refractivity contribution in [2.75, 3.05) is 38.7 Å². The fraction of sp³-hybridized carbons (Fsp3) is 1.00. The van der Waals surface area contributed by atoms with Crippen LogP contribution in [0.25, 0.3) is 0 Å². The molecule has 2 aliphatic heterocycles. The maximum Gasteiger partial charge on any atom is 0.282 e. The van der Waals surface area contributed by atoms with Gasteiger partial charge in [0.25, 0.3) is 10.2 Å². The van der Waals surface area contributed by atoms with Gasteiger partial charge in [0.15, 0.2) is 0 Å². The highest BCUT2D eigenvalue weighted by Gasteiger charge is 2.33. The van der Waals surface area contributed by atoms with Crippen molar-refractivity contribution in [3.05, 3.63) is 0 Å². The van der Waals surface area contributed by atoms with Crippen molar-refractivity contribution in [2.45, 2.75) is 31.8 Å². The van der Waals surface area contributed by atoms with Gasteiger partial charge in [0, 0.05) is 32.1 Å². The molecule has 7 heteroatoms. The average molecular weight is 297 g/mol. The first-order valence-electron chi connectivity index (χ1n) is 6.57. The smallest absolute Gasteiger partial charge is 0.282 e. The first-order chi connectivity index (χ1) is 8.64. The molecule has 0 amide bonds. The van der Waals surface area contributed by atoms with E-state index in [0.717, 1.165) is 25.7 Å². The van der Waals surface area contributed by atoms with Gasteiger partial charge >= 0.3 is 0 Å². The zero-order valence-corrected chi connectivity index (χ0v) is 12.1. The summed E-state index contributed by atoms with van der Waals surface area (Å²) in [5.74, 6) is 0.339. The van der Waals surface area contributed by atoms with E-state index in [1.807, 2.05) is 0 Å². The molecular weight excluding hydrogens is 276 g/mol. The van der Waals surface area contributed by atoms with E-state index in [2.05, 4.69) is 0 Å². The first kappa shape index (κ1) is 14.5. The molecule has 2 aliphatic rings. The molecule has 0 bridgehead atoms. The van der Waals surface area contributed by atoms with Crippen molar-refractivity contribution in [1.82, 2.24) is 8.61 Å². The van der Waals surface area contributed by atoms with Crippen molar-refractivity contribution >= 4 is 21.8 Å². The predicted octanol–water partition coefficient (Wildman–Crippen LogP) is 1.05. The normalized spacial score (nSPS) is 29.1. The van der Waals surface area contributed by atoms with Crippen LogP contribution in [-0.2, 0) is 14.9 Å². The highest BCUT2D eigenvalue weighted by molar-refractivity contribution is 7.86. The summed E-state index contributed by atoms with van der Waals surface area (Å²) in [4.78, 5) is 0. The molecule has 1 atom stereocenters. The van der Waals surface area contributed by atoms with E-state index in [1.54, 1.807) is 4.31 Å². The lowest BCUT2D eigenvalue weighted by atomic mass is 10.2.